The number of hydrazone groups is 1. The van der Waals surface area contributed by atoms with Crippen LogP contribution in [0.15, 0.2) is 53.6 Å². The molecule has 0 bridgehead atoms. The van der Waals surface area contributed by atoms with Gasteiger partial charge < -0.3 is 5.32 Å². The number of carbonyl (C=O) groups is 2. The average Bonchev–Trinajstić information content (AvgIpc) is 2.55. The molecule has 2 rings (SSSR count). The van der Waals surface area contributed by atoms with E-state index >= 15 is 0 Å². The zero-order valence-electron chi connectivity index (χ0n) is 12.5. The molecule has 118 valence electrons. The fourth-order valence-corrected chi connectivity index (χ4v) is 2.00. The highest BCUT2D eigenvalue weighted by molar-refractivity contribution is 6.39. The van der Waals surface area contributed by atoms with Crippen LogP contribution in [0.2, 0.25) is 5.02 Å². The molecule has 5 nitrogen and oxygen atoms in total. The van der Waals surface area contributed by atoms with E-state index in [1.165, 1.54) is 11.8 Å². The van der Waals surface area contributed by atoms with Crippen LogP contribution in [-0.4, -0.2) is 18.0 Å². The first-order valence-electron chi connectivity index (χ1n) is 7.07. The Morgan fingerprint density at radius 2 is 1.87 bits per heavy atom. The molecule has 6 heteroatoms. The van der Waals surface area contributed by atoms with Gasteiger partial charge in [-0.1, -0.05) is 48.9 Å². The number of hydrogen-bond acceptors (Lipinski definition) is 3. The van der Waals surface area contributed by atoms with E-state index in [1.807, 2.05) is 24.3 Å². The lowest BCUT2D eigenvalue weighted by atomic mass is 10.1. The zero-order valence-corrected chi connectivity index (χ0v) is 13.3. The highest BCUT2D eigenvalue weighted by Gasteiger charge is 2.12. The maximum Gasteiger partial charge on any atom is 0.329 e. The molecular weight excluding hydrogens is 314 g/mol. The number of amides is 2. The third-order valence-corrected chi connectivity index (χ3v) is 3.29. The van der Waals surface area contributed by atoms with Crippen LogP contribution in [0.25, 0.3) is 0 Å². The Labute approximate surface area is 139 Å². The Bertz CT molecular complexity index is 727. The van der Waals surface area contributed by atoms with Crippen LogP contribution in [0, 0.1) is 0 Å². The van der Waals surface area contributed by atoms with Crippen molar-refractivity contribution in [2.75, 3.05) is 5.32 Å². The minimum absolute atomic E-state index is 0.441. The summed E-state index contributed by atoms with van der Waals surface area (Å²) in [6.07, 6.45) is 2.43. The van der Waals surface area contributed by atoms with Crippen molar-refractivity contribution in [3.63, 3.8) is 0 Å². The van der Waals surface area contributed by atoms with Gasteiger partial charge in [0.1, 0.15) is 0 Å². The summed E-state index contributed by atoms with van der Waals surface area (Å²) >= 11 is 5.81. The summed E-state index contributed by atoms with van der Waals surface area (Å²) in [6, 6.07) is 14.3. The number of hydrogen-bond donors (Lipinski definition) is 2. The van der Waals surface area contributed by atoms with Gasteiger partial charge in [0.15, 0.2) is 0 Å². The second-order valence-electron chi connectivity index (χ2n) is 4.76. The zero-order chi connectivity index (χ0) is 16.7. The SMILES string of the molecule is CCc1ccc(/C=N/NC(=O)C(=O)Nc2cccc(Cl)c2)cc1. The van der Waals surface area contributed by atoms with Gasteiger partial charge in [-0.05, 0) is 35.7 Å². The number of halogens is 1. The van der Waals surface area contributed by atoms with Crippen molar-refractivity contribution in [2.24, 2.45) is 5.10 Å². The van der Waals surface area contributed by atoms with Crippen LogP contribution < -0.4 is 10.7 Å². The first kappa shape index (κ1) is 16.7. The summed E-state index contributed by atoms with van der Waals surface area (Å²) in [6.45, 7) is 2.07. The van der Waals surface area contributed by atoms with Gasteiger partial charge in [0.25, 0.3) is 0 Å². The van der Waals surface area contributed by atoms with Gasteiger partial charge in [-0.3, -0.25) is 9.59 Å². The molecule has 0 aliphatic rings. The lowest BCUT2D eigenvalue weighted by Crippen LogP contribution is -2.32. The van der Waals surface area contributed by atoms with Crippen molar-refractivity contribution in [2.45, 2.75) is 13.3 Å². The standard InChI is InChI=1S/C17H16ClN3O2/c1-2-12-6-8-13(9-7-12)11-19-21-17(23)16(22)20-15-5-3-4-14(18)10-15/h3-11H,2H2,1H3,(H,20,22)(H,21,23)/b19-11+. The summed E-state index contributed by atoms with van der Waals surface area (Å²) < 4.78 is 0. The van der Waals surface area contributed by atoms with Crippen LogP contribution >= 0.6 is 11.6 Å². The van der Waals surface area contributed by atoms with Crippen LogP contribution in [-0.2, 0) is 16.0 Å². The van der Waals surface area contributed by atoms with Gasteiger partial charge in [0.05, 0.1) is 6.21 Å². The fraction of sp³-hybridized carbons (Fsp3) is 0.118. The monoisotopic (exact) mass is 329 g/mol. The van der Waals surface area contributed by atoms with Gasteiger partial charge in [0, 0.05) is 10.7 Å². The number of rotatable bonds is 4. The van der Waals surface area contributed by atoms with Gasteiger partial charge in [0.2, 0.25) is 0 Å². The Hall–Kier alpha value is -2.66. The number of nitrogens with zero attached hydrogens (tertiary/aromatic N) is 1. The lowest BCUT2D eigenvalue weighted by molar-refractivity contribution is -0.136. The maximum atomic E-state index is 11.7. The van der Waals surface area contributed by atoms with E-state index in [-0.39, 0.29) is 0 Å². The molecule has 0 aliphatic carbocycles. The Morgan fingerprint density at radius 1 is 1.13 bits per heavy atom. The van der Waals surface area contributed by atoms with E-state index in [1.54, 1.807) is 24.3 Å². The topological polar surface area (TPSA) is 70.6 Å². The summed E-state index contributed by atoms with van der Waals surface area (Å²) in [5.74, 6) is -1.67. The molecule has 2 aromatic rings. The predicted molar refractivity (Wildman–Crippen MR) is 91.6 cm³/mol. The molecule has 0 aliphatic heterocycles. The average molecular weight is 330 g/mol. The first-order chi connectivity index (χ1) is 11.1. The molecule has 2 amide bonds. The van der Waals surface area contributed by atoms with E-state index < -0.39 is 11.8 Å². The molecule has 0 fully saturated rings. The second-order valence-corrected chi connectivity index (χ2v) is 5.20. The maximum absolute atomic E-state index is 11.7. The van der Waals surface area contributed by atoms with Gasteiger partial charge in [-0.15, -0.1) is 0 Å². The minimum atomic E-state index is -0.855. The third-order valence-electron chi connectivity index (χ3n) is 3.06. The molecule has 0 atom stereocenters. The Balaban J connectivity index is 1.88. The molecular formula is C17H16ClN3O2. The molecule has 0 heterocycles. The van der Waals surface area contributed by atoms with Crippen molar-refractivity contribution in [3.8, 4) is 0 Å². The largest absolute Gasteiger partial charge is 0.329 e. The number of nitrogens with one attached hydrogen (secondary N) is 2. The number of carbonyl (C=O) groups excluding carboxylic acids is 2. The van der Waals surface area contributed by atoms with E-state index in [0.717, 1.165) is 12.0 Å². The first-order valence-corrected chi connectivity index (χ1v) is 7.45. The van der Waals surface area contributed by atoms with Crippen molar-refractivity contribution < 1.29 is 9.59 Å². The van der Waals surface area contributed by atoms with Gasteiger partial charge >= 0.3 is 11.8 Å². The molecule has 0 aromatic heterocycles. The summed E-state index contributed by atoms with van der Waals surface area (Å²) in [5, 5.41) is 6.67. The van der Waals surface area contributed by atoms with Crippen molar-refractivity contribution in [1.82, 2.24) is 5.43 Å². The van der Waals surface area contributed by atoms with Crippen LogP contribution in [0.1, 0.15) is 18.1 Å². The molecule has 0 saturated carbocycles. The smallest absolute Gasteiger partial charge is 0.318 e. The summed E-state index contributed by atoms with van der Waals surface area (Å²) in [4.78, 5) is 23.4. The van der Waals surface area contributed by atoms with Gasteiger partial charge in [-0.2, -0.15) is 5.10 Å². The predicted octanol–water partition coefficient (Wildman–Crippen LogP) is 2.99. The molecule has 2 N–H and O–H groups in total. The summed E-state index contributed by atoms with van der Waals surface area (Å²) in [5.41, 5.74) is 4.67. The molecule has 0 saturated heterocycles. The van der Waals surface area contributed by atoms with Crippen LogP contribution in [0.4, 0.5) is 5.69 Å². The molecule has 0 spiro atoms. The van der Waals surface area contributed by atoms with E-state index in [4.69, 9.17) is 11.6 Å². The van der Waals surface area contributed by atoms with Gasteiger partial charge in [-0.25, -0.2) is 5.43 Å². The van der Waals surface area contributed by atoms with Crippen molar-refractivity contribution in [1.29, 1.82) is 0 Å². The number of benzene rings is 2. The second kappa shape index (κ2) is 8.10. The fourth-order valence-electron chi connectivity index (χ4n) is 1.81. The number of anilines is 1. The van der Waals surface area contributed by atoms with Crippen LogP contribution in [0.5, 0.6) is 0 Å². The lowest BCUT2D eigenvalue weighted by Gasteiger charge is -2.04. The van der Waals surface area contributed by atoms with Crippen molar-refractivity contribution >= 4 is 35.3 Å². The summed E-state index contributed by atoms with van der Waals surface area (Å²) in [7, 11) is 0. The van der Waals surface area contributed by atoms with E-state index in [2.05, 4.69) is 22.8 Å². The van der Waals surface area contributed by atoms with E-state index in [9.17, 15) is 9.59 Å². The molecule has 2 aromatic carbocycles. The Kier molecular flexibility index (Phi) is 5.88. The number of aryl methyl sites for hydroxylation is 1. The highest BCUT2D eigenvalue weighted by Crippen LogP contribution is 2.14. The normalized spacial score (nSPS) is 10.5. The quantitative estimate of drug-likeness (QED) is 0.514. The molecule has 0 unspecified atom stereocenters. The molecule has 23 heavy (non-hydrogen) atoms. The van der Waals surface area contributed by atoms with Crippen LogP contribution in [0.3, 0.4) is 0 Å². The molecule has 0 radical (unpaired) electrons. The minimum Gasteiger partial charge on any atom is -0.318 e. The third kappa shape index (κ3) is 5.23. The van der Waals surface area contributed by atoms with Crippen molar-refractivity contribution in [3.05, 3.63) is 64.7 Å². The van der Waals surface area contributed by atoms with E-state index in [0.29, 0.717) is 10.7 Å². The highest BCUT2D eigenvalue weighted by atomic mass is 35.5. The Morgan fingerprint density at radius 3 is 2.52 bits per heavy atom.